The van der Waals surface area contributed by atoms with Gasteiger partial charge in [0.1, 0.15) is 12.5 Å². The maximum atomic E-state index is 13.5. The van der Waals surface area contributed by atoms with E-state index in [1.165, 1.54) is 60.7 Å². The summed E-state index contributed by atoms with van der Waals surface area (Å²) in [5.41, 5.74) is 0.887. The summed E-state index contributed by atoms with van der Waals surface area (Å²) in [5, 5.41) is 4.54. The highest BCUT2D eigenvalue weighted by atomic mass is 32.1. The molecule has 12 heteroatoms. The van der Waals surface area contributed by atoms with Crippen molar-refractivity contribution >= 4 is 40.8 Å². The zero-order chi connectivity index (χ0) is 33.4. The predicted molar refractivity (Wildman–Crippen MR) is 168 cm³/mol. The van der Waals surface area contributed by atoms with Crippen LogP contribution in [0.2, 0.25) is 0 Å². The molecule has 46 heavy (non-hydrogen) atoms. The average Bonchev–Trinajstić information content (AvgIpc) is 3.56. The van der Waals surface area contributed by atoms with Gasteiger partial charge in [-0.15, -0.1) is 11.3 Å². The third-order valence-corrected chi connectivity index (χ3v) is 7.87. The number of rotatable bonds is 11. The fourth-order valence-electron chi connectivity index (χ4n) is 4.58. The first kappa shape index (κ1) is 33.9. The first-order chi connectivity index (χ1) is 21.9. The molecule has 0 spiro atoms. The summed E-state index contributed by atoms with van der Waals surface area (Å²) in [5.74, 6) is -2.93. The molecule has 1 heterocycles. The maximum Gasteiger partial charge on any atom is 0.416 e. The van der Waals surface area contributed by atoms with Crippen LogP contribution in [0, 0.1) is 0 Å². The monoisotopic (exact) mass is 652 g/mol. The summed E-state index contributed by atoms with van der Waals surface area (Å²) in [6, 6.07) is 19.0. The second-order valence-corrected chi connectivity index (χ2v) is 11.3. The van der Waals surface area contributed by atoms with Gasteiger partial charge in [0.05, 0.1) is 29.8 Å². The zero-order valence-electron chi connectivity index (χ0n) is 25.2. The summed E-state index contributed by atoms with van der Waals surface area (Å²) in [6.07, 6.45) is -4.71. The molecule has 1 unspecified atom stereocenters. The Labute approximate surface area is 267 Å². The van der Waals surface area contributed by atoms with Gasteiger partial charge in [0.2, 0.25) is 0 Å². The van der Waals surface area contributed by atoms with E-state index < -0.39 is 41.4 Å². The van der Waals surface area contributed by atoms with Gasteiger partial charge in [0.25, 0.3) is 11.8 Å². The maximum absolute atomic E-state index is 13.5. The number of hydrogen-bond donors (Lipinski definition) is 1. The fourth-order valence-corrected chi connectivity index (χ4v) is 5.38. The van der Waals surface area contributed by atoms with Crippen LogP contribution in [0.4, 0.5) is 18.9 Å². The molecule has 0 bridgehead atoms. The Kier molecular flexibility index (Phi) is 11.0. The number of ether oxygens (including phenoxy) is 2. The summed E-state index contributed by atoms with van der Waals surface area (Å²) >= 11 is 1.34. The van der Waals surface area contributed by atoms with E-state index in [1.807, 2.05) is 0 Å². The Bertz CT molecular complexity index is 1700. The average molecular weight is 653 g/mol. The number of thiophene rings is 1. The number of carbonyl (C=O) groups excluding carboxylic acids is 4. The van der Waals surface area contributed by atoms with Crippen molar-refractivity contribution < 1.29 is 41.8 Å². The van der Waals surface area contributed by atoms with E-state index >= 15 is 0 Å². The first-order valence-electron chi connectivity index (χ1n) is 14.2. The highest BCUT2D eigenvalue weighted by Gasteiger charge is 2.30. The molecule has 1 aromatic heterocycles. The van der Waals surface area contributed by atoms with Crippen molar-refractivity contribution in [3.8, 4) is 11.1 Å². The van der Waals surface area contributed by atoms with E-state index in [1.54, 1.807) is 48.7 Å². The molecule has 8 nitrogen and oxygen atoms in total. The number of anilines is 1. The third kappa shape index (κ3) is 8.39. The second-order valence-electron chi connectivity index (χ2n) is 10.3. The molecule has 1 atom stereocenters. The van der Waals surface area contributed by atoms with E-state index in [0.29, 0.717) is 21.6 Å². The summed E-state index contributed by atoms with van der Waals surface area (Å²) < 4.78 is 49.8. The number of alkyl halides is 3. The van der Waals surface area contributed by atoms with Crippen LogP contribution < -0.4 is 5.32 Å². The molecule has 0 aliphatic carbocycles. The lowest BCUT2D eigenvalue weighted by molar-refractivity contribution is -0.150. The lowest BCUT2D eigenvalue weighted by atomic mass is 9.97. The molecule has 1 N–H and O–H groups in total. The number of benzene rings is 3. The van der Waals surface area contributed by atoms with Crippen LogP contribution in [0.15, 0.2) is 84.2 Å². The van der Waals surface area contributed by atoms with Crippen LogP contribution in [0.3, 0.4) is 0 Å². The second kappa shape index (κ2) is 14.9. The fraction of sp³-hybridized carbons (Fsp3) is 0.235. The van der Waals surface area contributed by atoms with Gasteiger partial charge in [0.15, 0.2) is 0 Å². The van der Waals surface area contributed by atoms with E-state index in [-0.39, 0.29) is 36.4 Å². The topological polar surface area (TPSA) is 102 Å². The Morgan fingerprint density at radius 3 is 2.24 bits per heavy atom. The number of esters is 2. The minimum atomic E-state index is -4.50. The van der Waals surface area contributed by atoms with Crippen LogP contribution in [0.5, 0.6) is 0 Å². The largest absolute Gasteiger partial charge is 0.465 e. The lowest BCUT2D eigenvalue weighted by Crippen LogP contribution is -2.25. The molecule has 4 rings (SSSR count). The molecule has 0 aliphatic rings. The molecule has 0 saturated carbocycles. The summed E-state index contributed by atoms with van der Waals surface area (Å²) in [6.45, 7) is 1.65. The van der Waals surface area contributed by atoms with Crippen molar-refractivity contribution in [2.24, 2.45) is 0 Å². The number of nitrogens with one attached hydrogen (secondary N) is 1. The zero-order valence-corrected chi connectivity index (χ0v) is 26.0. The van der Waals surface area contributed by atoms with Gasteiger partial charge >= 0.3 is 18.1 Å². The van der Waals surface area contributed by atoms with Gasteiger partial charge in [-0.3, -0.25) is 19.2 Å². The Balaban J connectivity index is 1.53. The van der Waals surface area contributed by atoms with Crippen molar-refractivity contribution in [2.45, 2.75) is 25.4 Å². The van der Waals surface area contributed by atoms with Crippen molar-refractivity contribution in [1.29, 1.82) is 0 Å². The number of carbonyl (C=O) groups is 4. The van der Waals surface area contributed by atoms with Gasteiger partial charge < -0.3 is 19.7 Å². The van der Waals surface area contributed by atoms with Gasteiger partial charge in [-0.2, -0.15) is 13.2 Å². The van der Waals surface area contributed by atoms with Gasteiger partial charge in [-0.25, -0.2) is 0 Å². The van der Waals surface area contributed by atoms with Gasteiger partial charge in [0, 0.05) is 24.5 Å². The molecule has 0 fully saturated rings. The summed E-state index contributed by atoms with van der Waals surface area (Å²) in [7, 11) is 3.07. The molecule has 0 saturated heterocycles. The van der Waals surface area contributed by atoms with E-state index in [0.717, 1.165) is 12.1 Å². The standard InChI is InChI=1S/C34H31F3N2O6S/c1-4-44-33(43)27(29-10-7-17-46-29)20-45-30(40)19-21-11-16-28(26(18-21)32(42)39(2)3)38-31(41)25-9-6-5-8-24(25)22-12-14-23(15-13-22)34(35,36)37/h5-18,27H,4,19-20H2,1-3H3,(H,38,41). The van der Waals surface area contributed by atoms with Crippen molar-refractivity contribution in [3.05, 3.63) is 111 Å². The van der Waals surface area contributed by atoms with Crippen LogP contribution in [-0.2, 0) is 31.7 Å². The molecular formula is C34H31F3N2O6S. The molecular weight excluding hydrogens is 621 g/mol. The quantitative estimate of drug-likeness (QED) is 0.179. The number of nitrogens with zero attached hydrogens (tertiary/aromatic N) is 1. The van der Waals surface area contributed by atoms with Crippen LogP contribution in [0.1, 0.15) is 49.6 Å². The molecule has 0 radical (unpaired) electrons. The Morgan fingerprint density at radius 1 is 0.891 bits per heavy atom. The number of hydrogen-bond acceptors (Lipinski definition) is 7. The molecule has 4 aromatic rings. The lowest BCUT2D eigenvalue weighted by Gasteiger charge is -2.17. The molecule has 3 aromatic carbocycles. The number of amides is 2. The predicted octanol–water partition coefficient (Wildman–Crippen LogP) is 6.82. The third-order valence-electron chi connectivity index (χ3n) is 6.88. The highest BCUT2D eigenvalue weighted by molar-refractivity contribution is 7.10. The highest BCUT2D eigenvalue weighted by Crippen LogP contribution is 2.32. The SMILES string of the molecule is CCOC(=O)C(COC(=O)Cc1ccc(NC(=O)c2ccccc2-c2ccc(C(F)(F)F)cc2)c(C(=O)N(C)C)c1)c1cccs1. The smallest absolute Gasteiger partial charge is 0.416 e. The first-order valence-corrected chi connectivity index (χ1v) is 15.0. The van der Waals surface area contributed by atoms with Crippen LogP contribution in [-0.4, -0.2) is 56.0 Å². The van der Waals surface area contributed by atoms with E-state index in [4.69, 9.17) is 9.47 Å². The molecule has 2 amide bonds. The van der Waals surface area contributed by atoms with E-state index in [2.05, 4.69) is 5.32 Å². The van der Waals surface area contributed by atoms with Crippen LogP contribution >= 0.6 is 11.3 Å². The minimum Gasteiger partial charge on any atom is -0.465 e. The van der Waals surface area contributed by atoms with Gasteiger partial charge in [-0.1, -0.05) is 42.5 Å². The normalized spacial score (nSPS) is 11.8. The Morgan fingerprint density at radius 2 is 1.61 bits per heavy atom. The number of halogens is 3. The van der Waals surface area contributed by atoms with Crippen LogP contribution in [0.25, 0.3) is 11.1 Å². The molecule has 240 valence electrons. The summed E-state index contributed by atoms with van der Waals surface area (Å²) in [4.78, 5) is 53.8. The van der Waals surface area contributed by atoms with Crippen molar-refractivity contribution in [3.63, 3.8) is 0 Å². The van der Waals surface area contributed by atoms with E-state index in [9.17, 15) is 32.3 Å². The molecule has 0 aliphatic heterocycles. The van der Waals surface area contributed by atoms with Gasteiger partial charge in [-0.05, 0) is 65.4 Å². The minimum absolute atomic E-state index is 0.110. The van der Waals surface area contributed by atoms with Crippen molar-refractivity contribution in [1.82, 2.24) is 4.90 Å². The Hall–Kier alpha value is -4.97. The van der Waals surface area contributed by atoms with Crippen molar-refractivity contribution in [2.75, 3.05) is 32.6 Å².